The highest BCUT2D eigenvalue weighted by atomic mass is 19.1. The molecule has 2 N–H and O–H groups in total. The zero-order chi connectivity index (χ0) is 18.8. The lowest BCUT2D eigenvalue weighted by Gasteiger charge is -2.36. The van der Waals surface area contributed by atoms with Gasteiger partial charge in [-0.25, -0.2) is 9.37 Å². The van der Waals surface area contributed by atoms with Crippen LogP contribution in [-0.2, 0) is 0 Å². The highest BCUT2D eigenvalue weighted by Crippen LogP contribution is 2.29. The van der Waals surface area contributed by atoms with Crippen molar-refractivity contribution in [1.82, 2.24) is 14.9 Å². The summed E-state index contributed by atoms with van der Waals surface area (Å²) in [6.07, 6.45) is 3.36. The lowest BCUT2D eigenvalue weighted by atomic mass is 9.87. The number of piperidine rings is 1. The fourth-order valence-corrected chi connectivity index (χ4v) is 3.62. The van der Waals surface area contributed by atoms with E-state index in [0.29, 0.717) is 24.4 Å². The van der Waals surface area contributed by atoms with E-state index < -0.39 is 6.10 Å². The molecule has 0 unspecified atom stereocenters. The van der Waals surface area contributed by atoms with E-state index in [0.717, 1.165) is 11.1 Å². The predicted molar refractivity (Wildman–Crippen MR) is 99.7 cm³/mol. The summed E-state index contributed by atoms with van der Waals surface area (Å²) in [5.41, 5.74) is 2.31. The van der Waals surface area contributed by atoms with Crippen LogP contribution in [-0.4, -0.2) is 45.1 Å². The van der Waals surface area contributed by atoms with E-state index in [2.05, 4.69) is 9.97 Å². The number of benzene rings is 2. The molecule has 1 amide bonds. The van der Waals surface area contributed by atoms with Gasteiger partial charge in [-0.15, -0.1) is 0 Å². The van der Waals surface area contributed by atoms with Crippen LogP contribution in [0.4, 0.5) is 4.39 Å². The molecule has 1 saturated heterocycles. The number of aliphatic hydroxyl groups is 1. The second-order valence-corrected chi connectivity index (χ2v) is 6.78. The molecule has 3 aromatic rings. The number of β-amino-alcohol motifs (C(OH)–C–C–N with tert-alkyl or cyclic N) is 1. The van der Waals surface area contributed by atoms with Gasteiger partial charge in [0.05, 0.1) is 6.10 Å². The minimum atomic E-state index is -0.679. The molecule has 1 aliphatic rings. The van der Waals surface area contributed by atoms with Gasteiger partial charge in [0.15, 0.2) is 0 Å². The number of carbonyl (C=O) groups excluding carboxylic acids is 1. The van der Waals surface area contributed by atoms with Crippen LogP contribution < -0.4 is 0 Å². The molecule has 6 heteroatoms. The molecule has 138 valence electrons. The molecule has 5 nitrogen and oxygen atoms in total. The topological polar surface area (TPSA) is 69.2 Å². The van der Waals surface area contributed by atoms with Crippen LogP contribution >= 0.6 is 0 Å². The van der Waals surface area contributed by atoms with E-state index >= 15 is 0 Å². The largest absolute Gasteiger partial charge is 0.391 e. The van der Waals surface area contributed by atoms with E-state index in [1.807, 2.05) is 12.1 Å². The first-order valence-electron chi connectivity index (χ1n) is 8.94. The molecular formula is C21H20FN3O2. The fraction of sp³-hybridized carbons (Fsp3) is 0.238. The van der Waals surface area contributed by atoms with Crippen LogP contribution in [0.3, 0.4) is 0 Å². The van der Waals surface area contributed by atoms with Gasteiger partial charge in [0.1, 0.15) is 11.6 Å². The van der Waals surface area contributed by atoms with Gasteiger partial charge >= 0.3 is 0 Å². The average molecular weight is 365 g/mol. The number of aliphatic hydroxyl groups excluding tert-OH is 1. The minimum Gasteiger partial charge on any atom is -0.391 e. The number of hydrogen-bond donors (Lipinski definition) is 2. The Kier molecular flexibility index (Phi) is 4.73. The van der Waals surface area contributed by atoms with E-state index in [-0.39, 0.29) is 24.2 Å². The molecule has 1 fully saturated rings. The summed E-state index contributed by atoms with van der Waals surface area (Å²) in [6.45, 7) is 0.800. The Morgan fingerprint density at radius 1 is 1.22 bits per heavy atom. The second kappa shape index (κ2) is 7.32. The van der Waals surface area contributed by atoms with E-state index in [1.54, 1.807) is 41.6 Å². The van der Waals surface area contributed by atoms with Crippen LogP contribution in [0.15, 0.2) is 60.9 Å². The lowest BCUT2D eigenvalue weighted by Crippen LogP contribution is -2.45. The first kappa shape index (κ1) is 17.4. The third-order valence-electron chi connectivity index (χ3n) is 5.05. The number of H-pyrrole nitrogens is 1. The van der Waals surface area contributed by atoms with Gasteiger partial charge in [-0.05, 0) is 36.2 Å². The molecule has 2 heterocycles. The Labute approximate surface area is 156 Å². The van der Waals surface area contributed by atoms with Gasteiger partial charge in [-0.3, -0.25) is 4.79 Å². The normalized spacial score (nSPS) is 19.9. The van der Waals surface area contributed by atoms with Crippen LogP contribution in [0, 0.1) is 5.82 Å². The van der Waals surface area contributed by atoms with Gasteiger partial charge in [0.2, 0.25) is 0 Å². The van der Waals surface area contributed by atoms with Crippen molar-refractivity contribution < 1.29 is 14.3 Å². The molecule has 0 aliphatic carbocycles. The third kappa shape index (κ3) is 3.61. The molecule has 0 spiro atoms. The lowest BCUT2D eigenvalue weighted by molar-refractivity contribution is 0.0382. The summed E-state index contributed by atoms with van der Waals surface area (Å²) in [5, 5.41) is 10.6. The number of amides is 1. The molecule has 0 saturated carbocycles. The van der Waals surface area contributed by atoms with E-state index in [9.17, 15) is 14.3 Å². The van der Waals surface area contributed by atoms with Crippen molar-refractivity contribution in [2.75, 3.05) is 13.1 Å². The van der Waals surface area contributed by atoms with Crippen molar-refractivity contribution >= 4 is 5.91 Å². The van der Waals surface area contributed by atoms with Crippen molar-refractivity contribution in [3.05, 3.63) is 77.9 Å². The molecule has 4 rings (SSSR count). The van der Waals surface area contributed by atoms with Crippen molar-refractivity contribution in [3.8, 4) is 11.4 Å². The van der Waals surface area contributed by atoms with Gasteiger partial charge in [-0.2, -0.15) is 0 Å². The number of aromatic amines is 1. The zero-order valence-electron chi connectivity index (χ0n) is 14.7. The number of carbonyl (C=O) groups is 1. The number of imidazole rings is 1. The molecule has 1 aromatic heterocycles. The number of aromatic nitrogens is 2. The standard InChI is InChI=1S/C21H20FN3O2/c22-17-6-4-14(5-7-17)18-8-11-25(13-19(18)26)21(27)16-3-1-2-15(12-16)20-23-9-10-24-20/h1-7,9-10,12,18-19,26H,8,11,13H2,(H,23,24)/t18-,19+/m0/s1. The molecule has 0 radical (unpaired) electrons. The quantitative estimate of drug-likeness (QED) is 0.749. The van der Waals surface area contributed by atoms with Crippen molar-refractivity contribution in [3.63, 3.8) is 0 Å². The number of nitrogens with one attached hydrogen (secondary N) is 1. The summed E-state index contributed by atoms with van der Waals surface area (Å²) in [4.78, 5) is 21.8. The first-order chi connectivity index (χ1) is 13.1. The molecule has 1 aliphatic heterocycles. The predicted octanol–water partition coefficient (Wildman–Crippen LogP) is 3.21. The smallest absolute Gasteiger partial charge is 0.253 e. The van der Waals surface area contributed by atoms with E-state index in [1.165, 1.54) is 12.1 Å². The van der Waals surface area contributed by atoms with Crippen molar-refractivity contribution in [2.45, 2.75) is 18.4 Å². The number of hydrogen-bond acceptors (Lipinski definition) is 3. The van der Waals surface area contributed by atoms with Gasteiger partial charge < -0.3 is 15.0 Å². The SMILES string of the molecule is O=C(c1cccc(-c2ncc[nH]2)c1)N1CC[C@@H](c2ccc(F)cc2)[C@H](O)C1. The average Bonchev–Trinajstić information content (AvgIpc) is 3.23. The monoisotopic (exact) mass is 365 g/mol. The van der Waals surface area contributed by atoms with Gasteiger partial charge in [-0.1, -0.05) is 24.3 Å². The van der Waals surface area contributed by atoms with Gasteiger partial charge in [0.25, 0.3) is 5.91 Å². The molecule has 2 aromatic carbocycles. The van der Waals surface area contributed by atoms with Crippen LogP contribution in [0.2, 0.25) is 0 Å². The maximum Gasteiger partial charge on any atom is 0.253 e. The zero-order valence-corrected chi connectivity index (χ0v) is 14.7. The Balaban J connectivity index is 1.48. The number of likely N-dealkylation sites (tertiary alicyclic amines) is 1. The van der Waals surface area contributed by atoms with Crippen LogP contribution in [0.1, 0.15) is 28.3 Å². The maximum absolute atomic E-state index is 13.1. The molecular weight excluding hydrogens is 345 g/mol. The van der Waals surface area contributed by atoms with Crippen LogP contribution in [0.5, 0.6) is 0 Å². The number of halogens is 1. The van der Waals surface area contributed by atoms with Crippen molar-refractivity contribution in [1.29, 1.82) is 0 Å². The van der Waals surface area contributed by atoms with E-state index in [4.69, 9.17) is 0 Å². The number of nitrogens with zero attached hydrogens (tertiary/aromatic N) is 2. The molecule has 0 bridgehead atoms. The van der Waals surface area contributed by atoms with Crippen molar-refractivity contribution in [2.24, 2.45) is 0 Å². The van der Waals surface area contributed by atoms with Crippen LogP contribution in [0.25, 0.3) is 11.4 Å². The van der Waals surface area contributed by atoms with Gasteiger partial charge in [0, 0.05) is 42.5 Å². The highest BCUT2D eigenvalue weighted by Gasteiger charge is 2.31. The fourth-order valence-electron chi connectivity index (χ4n) is 3.62. The summed E-state index contributed by atoms with van der Waals surface area (Å²) in [5.74, 6) is 0.209. The highest BCUT2D eigenvalue weighted by molar-refractivity contribution is 5.95. The number of rotatable bonds is 3. The maximum atomic E-state index is 13.1. The summed E-state index contributed by atoms with van der Waals surface area (Å²) in [6, 6.07) is 13.5. The Morgan fingerprint density at radius 3 is 2.74 bits per heavy atom. The molecule has 2 atom stereocenters. The Hall–Kier alpha value is -2.99. The summed E-state index contributed by atoms with van der Waals surface area (Å²) in [7, 11) is 0. The Morgan fingerprint density at radius 2 is 2.04 bits per heavy atom. The Bertz CT molecular complexity index is 925. The second-order valence-electron chi connectivity index (χ2n) is 6.78. The summed E-state index contributed by atoms with van der Waals surface area (Å²) >= 11 is 0. The first-order valence-corrected chi connectivity index (χ1v) is 8.94. The third-order valence-corrected chi connectivity index (χ3v) is 5.05. The summed E-state index contributed by atoms with van der Waals surface area (Å²) < 4.78 is 13.1. The minimum absolute atomic E-state index is 0.0934. The molecule has 27 heavy (non-hydrogen) atoms.